The molecular formula is C16H26N4S. The van der Waals surface area contributed by atoms with Gasteiger partial charge in [0.25, 0.3) is 0 Å². The number of rotatable bonds is 4. The minimum Gasteiger partial charge on any atom is -0.389 e. The largest absolute Gasteiger partial charge is 0.389 e. The second kappa shape index (κ2) is 6.71. The van der Waals surface area contributed by atoms with Crippen LogP contribution in [-0.4, -0.2) is 47.6 Å². The minimum absolute atomic E-state index is 0.438. The van der Waals surface area contributed by atoms with Gasteiger partial charge in [0.2, 0.25) is 0 Å². The van der Waals surface area contributed by atoms with E-state index in [0.29, 0.717) is 11.0 Å². The number of hydrogen-bond donors (Lipinski definition) is 1. The van der Waals surface area contributed by atoms with Crippen LogP contribution in [0.2, 0.25) is 0 Å². The first-order chi connectivity index (χ1) is 9.93. The van der Waals surface area contributed by atoms with Gasteiger partial charge in [-0.3, -0.25) is 0 Å². The number of nitrogens with two attached hydrogens (primary N) is 1. The van der Waals surface area contributed by atoms with Crippen LogP contribution in [0.25, 0.3) is 0 Å². The lowest BCUT2D eigenvalue weighted by molar-refractivity contribution is 0.220. The van der Waals surface area contributed by atoms with Crippen molar-refractivity contribution in [3.63, 3.8) is 0 Å². The number of piperidine rings is 1. The molecule has 0 amide bonds. The Morgan fingerprint density at radius 2 is 2.05 bits per heavy atom. The molecule has 1 aromatic rings. The van der Waals surface area contributed by atoms with Gasteiger partial charge in [-0.25, -0.2) is 4.98 Å². The summed E-state index contributed by atoms with van der Waals surface area (Å²) in [5, 5.41) is 0. The van der Waals surface area contributed by atoms with Gasteiger partial charge in [-0.1, -0.05) is 19.1 Å². The summed E-state index contributed by atoms with van der Waals surface area (Å²) in [6.07, 6.45) is 2.32. The molecule has 1 aliphatic rings. The van der Waals surface area contributed by atoms with Gasteiger partial charge < -0.3 is 15.5 Å². The number of pyridine rings is 1. The number of aryl methyl sites for hydroxylation is 2. The Labute approximate surface area is 133 Å². The van der Waals surface area contributed by atoms with Gasteiger partial charge in [0.15, 0.2) is 0 Å². The molecule has 0 aliphatic carbocycles. The van der Waals surface area contributed by atoms with Crippen LogP contribution in [0.4, 0.5) is 5.82 Å². The number of likely N-dealkylation sites (tertiary alicyclic amines) is 1. The Bertz CT molecular complexity index is 521. The number of hydrogen-bond acceptors (Lipinski definition) is 4. The third-order valence-corrected chi connectivity index (χ3v) is 4.66. The Kier molecular flexibility index (Phi) is 5.17. The fourth-order valence-corrected chi connectivity index (χ4v) is 3.42. The number of thiocarbonyl (C=S) groups is 1. The molecule has 1 aromatic heterocycles. The molecule has 0 aromatic carbocycles. The molecule has 0 spiro atoms. The number of anilines is 1. The first kappa shape index (κ1) is 16.2. The fraction of sp³-hybridized carbons (Fsp3) is 0.625. The van der Waals surface area contributed by atoms with Gasteiger partial charge in [0, 0.05) is 31.9 Å². The van der Waals surface area contributed by atoms with Crippen molar-refractivity contribution in [2.24, 2.45) is 5.73 Å². The van der Waals surface area contributed by atoms with Crippen LogP contribution in [0.5, 0.6) is 0 Å². The Hall–Kier alpha value is -1.20. The lowest BCUT2D eigenvalue weighted by Crippen LogP contribution is -2.44. The van der Waals surface area contributed by atoms with Crippen molar-refractivity contribution in [1.29, 1.82) is 0 Å². The highest BCUT2D eigenvalue weighted by molar-refractivity contribution is 7.80. The van der Waals surface area contributed by atoms with E-state index in [-0.39, 0.29) is 0 Å². The van der Waals surface area contributed by atoms with Gasteiger partial charge in [0.05, 0.1) is 5.56 Å². The van der Waals surface area contributed by atoms with Crippen molar-refractivity contribution in [2.45, 2.75) is 39.7 Å². The zero-order chi connectivity index (χ0) is 15.6. The highest BCUT2D eigenvalue weighted by Crippen LogP contribution is 2.26. The second-order valence-corrected chi connectivity index (χ2v) is 6.36. The third-order valence-electron chi connectivity index (χ3n) is 4.46. The van der Waals surface area contributed by atoms with Crippen molar-refractivity contribution in [3.8, 4) is 0 Å². The second-order valence-electron chi connectivity index (χ2n) is 5.92. The average Bonchev–Trinajstić information content (AvgIpc) is 2.45. The van der Waals surface area contributed by atoms with E-state index in [0.717, 1.165) is 55.1 Å². The van der Waals surface area contributed by atoms with Gasteiger partial charge in [-0.15, -0.1) is 0 Å². The summed E-state index contributed by atoms with van der Waals surface area (Å²) in [5.41, 5.74) is 8.99. The average molecular weight is 306 g/mol. The summed E-state index contributed by atoms with van der Waals surface area (Å²) in [7, 11) is 2.12. The van der Waals surface area contributed by atoms with E-state index in [1.165, 1.54) is 0 Å². The van der Waals surface area contributed by atoms with Crippen LogP contribution in [0.1, 0.15) is 36.6 Å². The first-order valence-electron chi connectivity index (χ1n) is 7.67. The van der Waals surface area contributed by atoms with Crippen molar-refractivity contribution in [1.82, 2.24) is 9.88 Å². The van der Waals surface area contributed by atoms with Crippen LogP contribution >= 0.6 is 12.2 Å². The predicted octanol–water partition coefficient (Wildman–Crippen LogP) is 2.25. The molecule has 0 atom stereocenters. The first-order valence-corrected chi connectivity index (χ1v) is 8.08. The van der Waals surface area contributed by atoms with Crippen molar-refractivity contribution < 1.29 is 0 Å². The Balaban J connectivity index is 2.27. The summed E-state index contributed by atoms with van der Waals surface area (Å²) >= 11 is 5.24. The van der Waals surface area contributed by atoms with Gasteiger partial charge in [-0.05, 0) is 44.9 Å². The number of aromatic nitrogens is 1. The van der Waals surface area contributed by atoms with Crippen molar-refractivity contribution in [2.75, 3.05) is 31.6 Å². The summed E-state index contributed by atoms with van der Waals surface area (Å²) in [6, 6.07) is 2.56. The standard InChI is InChI=1S/C16H26N4S/c1-5-20-8-6-13(7-9-20)19(4)16-14(15(17)21)11(2)10-12(3)18-16/h10,13H,5-9H2,1-4H3,(H2,17,21). The maximum absolute atomic E-state index is 5.93. The smallest absolute Gasteiger partial charge is 0.139 e. The maximum Gasteiger partial charge on any atom is 0.139 e. The molecule has 1 saturated heterocycles. The normalized spacial score (nSPS) is 17.0. The Morgan fingerprint density at radius 3 is 2.57 bits per heavy atom. The molecule has 0 radical (unpaired) electrons. The van der Waals surface area contributed by atoms with Crippen LogP contribution in [-0.2, 0) is 0 Å². The van der Waals surface area contributed by atoms with E-state index >= 15 is 0 Å². The van der Waals surface area contributed by atoms with E-state index in [1.807, 2.05) is 13.0 Å². The van der Waals surface area contributed by atoms with Crippen molar-refractivity contribution in [3.05, 3.63) is 22.9 Å². The Morgan fingerprint density at radius 1 is 1.43 bits per heavy atom. The molecule has 2 rings (SSSR count). The van der Waals surface area contributed by atoms with Gasteiger partial charge in [0.1, 0.15) is 10.8 Å². The van der Waals surface area contributed by atoms with E-state index < -0.39 is 0 Å². The highest BCUT2D eigenvalue weighted by atomic mass is 32.1. The highest BCUT2D eigenvalue weighted by Gasteiger charge is 2.25. The summed E-state index contributed by atoms with van der Waals surface area (Å²) in [4.78, 5) is 9.93. The van der Waals surface area contributed by atoms with Gasteiger partial charge in [-0.2, -0.15) is 0 Å². The van der Waals surface area contributed by atoms with Crippen LogP contribution in [0, 0.1) is 13.8 Å². The monoisotopic (exact) mass is 306 g/mol. The molecule has 116 valence electrons. The molecule has 2 heterocycles. The topological polar surface area (TPSA) is 45.4 Å². The zero-order valence-electron chi connectivity index (χ0n) is 13.5. The maximum atomic E-state index is 5.93. The van der Waals surface area contributed by atoms with Crippen LogP contribution in [0.15, 0.2) is 6.07 Å². The van der Waals surface area contributed by atoms with E-state index in [1.54, 1.807) is 0 Å². The molecule has 2 N–H and O–H groups in total. The third kappa shape index (κ3) is 3.52. The lowest BCUT2D eigenvalue weighted by Gasteiger charge is -2.37. The summed E-state index contributed by atoms with van der Waals surface area (Å²) in [5.74, 6) is 0.940. The SMILES string of the molecule is CCN1CCC(N(C)c2nc(C)cc(C)c2C(N)=S)CC1. The molecule has 21 heavy (non-hydrogen) atoms. The zero-order valence-corrected chi connectivity index (χ0v) is 14.3. The molecule has 0 saturated carbocycles. The van der Waals surface area contributed by atoms with E-state index in [4.69, 9.17) is 22.9 Å². The van der Waals surface area contributed by atoms with Crippen LogP contribution in [0.3, 0.4) is 0 Å². The summed E-state index contributed by atoms with van der Waals surface area (Å²) in [6.45, 7) is 9.74. The van der Waals surface area contributed by atoms with Gasteiger partial charge >= 0.3 is 0 Å². The molecule has 0 bridgehead atoms. The van der Waals surface area contributed by atoms with Crippen LogP contribution < -0.4 is 10.6 Å². The quantitative estimate of drug-likeness (QED) is 0.865. The molecule has 0 unspecified atom stereocenters. The molecule has 5 heteroatoms. The number of nitrogens with zero attached hydrogens (tertiary/aromatic N) is 3. The molecular weight excluding hydrogens is 280 g/mol. The molecule has 4 nitrogen and oxygen atoms in total. The minimum atomic E-state index is 0.438. The molecule has 1 aliphatic heterocycles. The fourth-order valence-electron chi connectivity index (χ4n) is 3.17. The van der Waals surface area contributed by atoms with E-state index in [2.05, 4.69) is 30.7 Å². The summed E-state index contributed by atoms with van der Waals surface area (Å²) < 4.78 is 0. The molecule has 1 fully saturated rings. The van der Waals surface area contributed by atoms with E-state index in [9.17, 15) is 0 Å². The van der Waals surface area contributed by atoms with Crippen molar-refractivity contribution >= 4 is 23.0 Å². The predicted molar refractivity (Wildman–Crippen MR) is 93.1 cm³/mol. The lowest BCUT2D eigenvalue weighted by atomic mass is 10.0.